The number of halogens is 2. The van der Waals surface area contributed by atoms with E-state index in [1.54, 1.807) is 20.1 Å². The fourth-order valence-electron chi connectivity index (χ4n) is 2.43. The zero-order chi connectivity index (χ0) is 19.5. The van der Waals surface area contributed by atoms with Gasteiger partial charge in [-0.2, -0.15) is 0 Å². The summed E-state index contributed by atoms with van der Waals surface area (Å²) in [6, 6.07) is 4.61. The van der Waals surface area contributed by atoms with Crippen molar-refractivity contribution in [1.29, 1.82) is 0 Å². The van der Waals surface area contributed by atoms with Gasteiger partial charge in [-0.25, -0.2) is 18.7 Å². The summed E-state index contributed by atoms with van der Waals surface area (Å²) in [5.74, 6) is -0.764. The molecule has 26 heavy (non-hydrogen) atoms. The number of methoxy groups -OCH3 is 1. The van der Waals surface area contributed by atoms with E-state index >= 15 is 0 Å². The van der Waals surface area contributed by atoms with E-state index in [-0.39, 0.29) is 11.0 Å². The molecule has 2 N–H and O–H groups in total. The molecule has 1 aromatic carbocycles. The topological polar surface area (TPSA) is 67.3 Å². The first-order chi connectivity index (χ1) is 12.1. The van der Waals surface area contributed by atoms with Crippen LogP contribution in [0, 0.1) is 11.6 Å². The molecule has 0 bridgehead atoms. The third kappa shape index (κ3) is 4.95. The summed E-state index contributed by atoms with van der Waals surface area (Å²) in [7, 11) is 1.58. The van der Waals surface area contributed by atoms with Crippen molar-refractivity contribution in [2.24, 2.45) is 0 Å². The van der Waals surface area contributed by atoms with E-state index in [4.69, 9.17) is 4.74 Å². The molecule has 0 aliphatic rings. The lowest BCUT2D eigenvalue weighted by Crippen LogP contribution is -2.26. The first-order valence-electron chi connectivity index (χ1n) is 8.38. The monoisotopic (exact) mass is 365 g/mol. The fraction of sp³-hybridized carbons (Fsp3) is 0.474. The van der Waals surface area contributed by atoms with Crippen LogP contribution in [0.2, 0.25) is 0 Å². The van der Waals surface area contributed by atoms with Gasteiger partial charge >= 0.3 is 0 Å². The lowest BCUT2D eigenvalue weighted by molar-refractivity contribution is 0.160. The minimum Gasteiger partial charge on any atom is -0.386 e. The lowest BCUT2D eigenvalue weighted by atomic mass is 9.95. The van der Waals surface area contributed by atoms with Gasteiger partial charge in [-0.05, 0) is 24.6 Å². The molecule has 2 rings (SSSR count). The number of aliphatic hydroxyl groups excluding tert-OH is 1. The van der Waals surface area contributed by atoms with Crippen LogP contribution in [-0.2, 0) is 16.8 Å². The molecule has 7 heteroatoms. The van der Waals surface area contributed by atoms with E-state index in [1.807, 2.05) is 20.8 Å². The van der Waals surface area contributed by atoms with Gasteiger partial charge < -0.3 is 15.2 Å². The van der Waals surface area contributed by atoms with Crippen molar-refractivity contribution in [3.63, 3.8) is 0 Å². The second kappa shape index (κ2) is 8.05. The quantitative estimate of drug-likeness (QED) is 0.816. The van der Waals surface area contributed by atoms with Crippen molar-refractivity contribution in [1.82, 2.24) is 9.97 Å². The molecule has 0 amide bonds. The van der Waals surface area contributed by atoms with Gasteiger partial charge in [-0.3, -0.25) is 0 Å². The SMILES string of the molecule is COCc1cc(NC(C)C(O)c2ccc(F)c(F)c2)nc(C(C)(C)C)n1. The Morgan fingerprint density at radius 1 is 1.15 bits per heavy atom. The smallest absolute Gasteiger partial charge is 0.159 e. The van der Waals surface area contributed by atoms with Crippen molar-refractivity contribution in [2.45, 2.75) is 51.9 Å². The van der Waals surface area contributed by atoms with Gasteiger partial charge in [0.1, 0.15) is 11.6 Å². The van der Waals surface area contributed by atoms with Gasteiger partial charge in [0.2, 0.25) is 0 Å². The Morgan fingerprint density at radius 3 is 2.42 bits per heavy atom. The molecule has 1 heterocycles. The molecule has 0 radical (unpaired) electrons. The van der Waals surface area contributed by atoms with Crippen LogP contribution in [0.1, 0.15) is 50.9 Å². The summed E-state index contributed by atoms with van der Waals surface area (Å²) in [5.41, 5.74) is 0.734. The fourth-order valence-corrected chi connectivity index (χ4v) is 2.43. The highest BCUT2D eigenvalue weighted by molar-refractivity contribution is 5.39. The van der Waals surface area contributed by atoms with Crippen LogP contribution in [-0.4, -0.2) is 28.2 Å². The summed E-state index contributed by atoms with van der Waals surface area (Å²) in [6.07, 6.45) is -1.04. The number of benzene rings is 1. The number of aliphatic hydroxyl groups is 1. The largest absolute Gasteiger partial charge is 0.386 e. The Kier molecular flexibility index (Phi) is 6.26. The maximum absolute atomic E-state index is 13.4. The Bertz CT molecular complexity index is 763. The first-order valence-corrected chi connectivity index (χ1v) is 8.38. The minimum absolute atomic E-state index is 0.262. The number of nitrogens with zero attached hydrogens (tertiary/aromatic N) is 2. The molecule has 2 aromatic rings. The Hall–Kier alpha value is -2.12. The predicted octanol–water partition coefficient (Wildman–Crippen LogP) is 3.73. The van der Waals surface area contributed by atoms with Crippen LogP contribution < -0.4 is 5.32 Å². The normalized spacial score (nSPS) is 14.2. The molecule has 0 saturated heterocycles. The maximum atomic E-state index is 13.4. The molecule has 1 aromatic heterocycles. The second-order valence-electron chi connectivity index (χ2n) is 7.30. The average Bonchev–Trinajstić information content (AvgIpc) is 2.56. The third-order valence-electron chi connectivity index (χ3n) is 3.88. The zero-order valence-corrected chi connectivity index (χ0v) is 15.7. The van der Waals surface area contributed by atoms with Crippen LogP contribution in [0.4, 0.5) is 14.6 Å². The van der Waals surface area contributed by atoms with Gasteiger partial charge in [0.25, 0.3) is 0 Å². The average molecular weight is 365 g/mol. The number of hydrogen-bond donors (Lipinski definition) is 2. The van der Waals surface area contributed by atoms with E-state index in [2.05, 4.69) is 15.3 Å². The van der Waals surface area contributed by atoms with E-state index in [0.29, 0.717) is 23.9 Å². The van der Waals surface area contributed by atoms with Gasteiger partial charge in [0, 0.05) is 18.6 Å². The molecule has 0 spiro atoms. The van der Waals surface area contributed by atoms with Gasteiger partial charge in [0.15, 0.2) is 11.6 Å². The number of ether oxygens (including phenoxy) is 1. The zero-order valence-electron chi connectivity index (χ0n) is 15.7. The number of hydrogen-bond acceptors (Lipinski definition) is 5. The molecule has 0 aliphatic heterocycles. The number of rotatable bonds is 6. The van der Waals surface area contributed by atoms with E-state index in [9.17, 15) is 13.9 Å². The molecule has 2 atom stereocenters. The number of anilines is 1. The molecule has 142 valence electrons. The molecule has 2 unspecified atom stereocenters. The van der Waals surface area contributed by atoms with Crippen molar-refractivity contribution in [2.75, 3.05) is 12.4 Å². The van der Waals surface area contributed by atoms with E-state index < -0.39 is 23.8 Å². The van der Waals surface area contributed by atoms with Crippen LogP contribution >= 0.6 is 0 Å². The van der Waals surface area contributed by atoms with E-state index in [0.717, 1.165) is 12.1 Å². The number of nitrogens with one attached hydrogen (secondary N) is 1. The third-order valence-corrected chi connectivity index (χ3v) is 3.88. The highest BCUT2D eigenvalue weighted by atomic mass is 19.2. The maximum Gasteiger partial charge on any atom is 0.159 e. The highest BCUT2D eigenvalue weighted by Gasteiger charge is 2.22. The Balaban J connectivity index is 2.25. The van der Waals surface area contributed by atoms with Crippen LogP contribution in [0.25, 0.3) is 0 Å². The van der Waals surface area contributed by atoms with Gasteiger partial charge in [-0.15, -0.1) is 0 Å². The summed E-state index contributed by atoms with van der Waals surface area (Å²) >= 11 is 0. The van der Waals surface area contributed by atoms with Crippen molar-refractivity contribution < 1.29 is 18.6 Å². The summed E-state index contributed by atoms with van der Waals surface area (Å²) in [5, 5.41) is 13.6. The molecule has 0 aliphatic carbocycles. The second-order valence-corrected chi connectivity index (χ2v) is 7.30. The van der Waals surface area contributed by atoms with Crippen molar-refractivity contribution in [3.05, 3.63) is 53.0 Å². The summed E-state index contributed by atoms with van der Waals surface area (Å²) < 4.78 is 31.6. The van der Waals surface area contributed by atoms with Crippen LogP contribution in [0.5, 0.6) is 0 Å². The minimum atomic E-state index is -1.04. The Labute approximate surface area is 152 Å². The number of aromatic nitrogens is 2. The van der Waals surface area contributed by atoms with Crippen LogP contribution in [0.3, 0.4) is 0 Å². The molecule has 5 nitrogen and oxygen atoms in total. The highest BCUT2D eigenvalue weighted by Crippen LogP contribution is 2.24. The Morgan fingerprint density at radius 2 is 1.85 bits per heavy atom. The summed E-state index contributed by atoms with van der Waals surface area (Å²) in [4.78, 5) is 9.01. The molecular weight excluding hydrogens is 340 g/mol. The summed E-state index contributed by atoms with van der Waals surface area (Å²) in [6.45, 7) is 8.08. The van der Waals surface area contributed by atoms with E-state index in [1.165, 1.54) is 6.07 Å². The van der Waals surface area contributed by atoms with Crippen LogP contribution in [0.15, 0.2) is 24.3 Å². The standard InChI is InChI=1S/C19H25F2N3O2/c1-11(17(25)12-6-7-14(20)15(21)8-12)22-16-9-13(10-26-5)23-18(24-16)19(2,3)4/h6-9,11,17,25H,10H2,1-5H3,(H,22,23,24). The van der Waals surface area contributed by atoms with Gasteiger partial charge in [-0.1, -0.05) is 26.8 Å². The predicted molar refractivity (Wildman–Crippen MR) is 95.8 cm³/mol. The lowest BCUT2D eigenvalue weighted by Gasteiger charge is -2.23. The first kappa shape index (κ1) is 20.2. The van der Waals surface area contributed by atoms with Crippen molar-refractivity contribution >= 4 is 5.82 Å². The molecular formula is C19H25F2N3O2. The molecule has 0 fully saturated rings. The van der Waals surface area contributed by atoms with Gasteiger partial charge in [0.05, 0.1) is 24.4 Å². The molecule has 0 saturated carbocycles. The van der Waals surface area contributed by atoms with Crippen molar-refractivity contribution in [3.8, 4) is 0 Å².